The first kappa shape index (κ1) is 23.7. The van der Waals surface area contributed by atoms with Gasteiger partial charge in [-0.05, 0) is 73.2 Å². The molecule has 0 spiro atoms. The standard InChI is InChI=1S/C30H32N4O3/c1-3-18-17-34-14-12-19(18)15-25(34)26(22-11-13-31-24-10-9-21(37-2)16-23(22)24)33-28-27(29(35)30(28)36)32-20-7-5-4-6-8-20/h4-11,13,16,18-19,25-26,32-33H,3,12,14-15,17H2,1-2H3/t18?,19?,25-,26-/m1/s1. The molecule has 3 aliphatic rings. The average Bonchev–Trinajstić information content (AvgIpc) is 2.96. The third kappa shape index (κ3) is 4.17. The summed E-state index contributed by atoms with van der Waals surface area (Å²) in [6.45, 7) is 4.40. The molecule has 0 aliphatic carbocycles. The fourth-order valence-electron chi connectivity index (χ4n) is 6.38. The van der Waals surface area contributed by atoms with Gasteiger partial charge in [-0.2, -0.15) is 0 Å². The van der Waals surface area contributed by atoms with Gasteiger partial charge in [0.15, 0.2) is 0 Å². The van der Waals surface area contributed by atoms with E-state index in [1.807, 2.05) is 60.8 Å². The first-order valence-corrected chi connectivity index (χ1v) is 13.2. The summed E-state index contributed by atoms with van der Waals surface area (Å²) in [5.41, 5.74) is 2.46. The molecule has 7 heteroatoms. The van der Waals surface area contributed by atoms with Gasteiger partial charge in [0.25, 0.3) is 10.9 Å². The number of rotatable bonds is 8. The highest BCUT2D eigenvalue weighted by Crippen LogP contribution is 2.44. The topological polar surface area (TPSA) is 83.6 Å². The van der Waals surface area contributed by atoms with Crippen LogP contribution < -0.4 is 26.2 Å². The van der Waals surface area contributed by atoms with Crippen molar-refractivity contribution in [1.29, 1.82) is 0 Å². The Morgan fingerprint density at radius 2 is 1.89 bits per heavy atom. The number of methoxy groups -OCH3 is 1. The molecule has 0 saturated carbocycles. The molecule has 4 heterocycles. The smallest absolute Gasteiger partial charge is 0.253 e. The number of benzene rings is 2. The van der Waals surface area contributed by atoms with Crippen LogP contribution in [0.3, 0.4) is 0 Å². The van der Waals surface area contributed by atoms with Crippen molar-refractivity contribution in [3.8, 4) is 5.75 Å². The summed E-state index contributed by atoms with van der Waals surface area (Å²) in [4.78, 5) is 32.7. The van der Waals surface area contributed by atoms with Gasteiger partial charge in [0.2, 0.25) is 0 Å². The average molecular weight is 497 g/mol. The summed E-state index contributed by atoms with van der Waals surface area (Å²) >= 11 is 0. The number of hydrogen-bond acceptors (Lipinski definition) is 7. The molecule has 1 aromatic heterocycles. The van der Waals surface area contributed by atoms with E-state index in [0.717, 1.165) is 47.4 Å². The van der Waals surface area contributed by atoms with Gasteiger partial charge >= 0.3 is 0 Å². The Kier molecular flexibility index (Phi) is 6.16. The monoisotopic (exact) mass is 496 g/mol. The molecule has 4 aromatic rings. The summed E-state index contributed by atoms with van der Waals surface area (Å²) in [7, 11) is 1.66. The van der Waals surface area contributed by atoms with Crippen LogP contribution in [0.25, 0.3) is 10.9 Å². The molecule has 37 heavy (non-hydrogen) atoms. The van der Waals surface area contributed by atoms with Gasteiger partial charge < -0.3 is 15.4 Å². The van der Waals surface area contributed by atoms with E-state index in [2.05, 4.69) is 27.4 Å². The van der Waals surface area contributed by atoms with Gasteiger partial charge in [0, 0.05) is 29.9 Å². The number of nitrogens with zero attached hydrogens (tertiary/aromatic N) is 2. The summed E-state index contributed by atoms with van der Waals surface area (Å²) in [6.07, 6.45) is 5.29. The number of nitrogens with one attached hydrogen (secondary N) is 2. The lowest BCUT2D eigenvalue weighted by molar-refractivity contribution is -0.00782. The molecule has 190 valence electrons. The highest BCUT2D eigenvalue weighted by molar-refractivity contribution is 5.85. The van der Waals surface area contributed by atoms with Gasteiger partial charge in [0.1, 0.15) is 17.1 Å². The minimum atomic E-state index is -0.483. The van der Waals surface area contributed by atoms with Crippen LogP contribution in [0.1, 0.15) is 37.8 Å². The zero-order chi connectivity index (χ0) is 25.5. The second-order valence-electron chi connectivity index (χ2n) is 10.3. The van der Waals surface area contributed by atoms with E-state index in [1.165, 1.54) is 12.8 Å². The summed E-state index contributed by atoms with van der Waals surface area (Å²) in [6, 6.07) is 17.4. The van der Waals surface area contributed by atoms with E-state index >= 15 is 0 Å². The van der Waals surface area contributed by atoms with Gasteiger partial charge in [-0.1, -0.05) is 31.5 Å². The number of para-hydroxylation sites is 1. The Labute approximate surface area is 216 Å². The fraction of sp³-hybridized carbons (Fsp3) is 0.367. The van der Waals surface area contributed by atoms with Gasteiger partial charge in [-0.15, -0.1) is 0 Å². The maximum Gasteiger partial charge on any atom is 0.253 e. The molecule has 7 rings (SSSR count). The highest BCUT2D eigenvalue weighted by atomic mass is 16.5. The number of piperidine rings is 3. The maximum atomic E-state index is 12.9. The molecule has 3 saturated heterocycles. The lowest BCUT2D eigenvalue weighted by Crippen LogP contribution is -2.56. The number of hydrogen-bond donors (Lipinski definition) is 2. The van der Waals surface area contributed by atoms with E-state index in [9.17, 15) is 9.59 Å². The molecule has 3 aromatic carbocycles. The Morgan fingerprint density at radius 3 is 2.62 bits per heavy atom. The highest BCUT2D eigenvalue weighted by Gasteiger charge is 2.43. The van der Waals surface area contributed by atoms with Crippen molar-refractivity contribution in [3.63, 3.8) is 0 Å². The third-order valence-electron chi connectivity index (χ3n) is 8.42. The maximum absolute atomic E-state index is 12.9. The molecule has 0 radical (unpaired) electrons. The van der Waals surface area contributed by atoms with E-state index < -0.39 is 10.9 Å². The predicted molar refractivity (Wildman–Crippen MR) is 148 cm³/mol. The van der Waals surface area contributed by atoms with Crippen molar-refractivity contribution in [1.82, 2.24) is 9.88 Å². The number of aromatic nitrogens is 1. The lowest BCUT2D eigenvalue weighted by Gasteiger charge is -2.52. The molecule has 0 amide bonds. The molecule has 3 unspecified atom stereocenters. The summed E-state index contributed by atoms with van der Waals surface area (Å²) in [5.74, 6) is 2.14. The van der Waals surface area contributed by atoms with Crippen LogP contribution in [0.2, 0.25) is 0 Å². The van der Waals surface area contributed by atoms with Crippen LogP contribution >= 0.6 is 0 Å². The number of pyridine rings is 1. The normalized spacial score (nSPS) is 23.7. The van der Waals surface area contributed by atoms with Crippen molar-refractivity contribution >= 4 is 28.0 Å². The SMILES string of the molecule is CCC1CN2CCC1C[C@@H]2[C@H](Nc1c(Nc2ccccc2)c(=O)c1=O)c1ccnc2ccc(OC)cc12. The molecular formula is C30H32N4O3. The summed E-state index contributed by atoms with van der Waals surface area (Å²) in [5, 5.41) is 7.74. The Hall–Kier alpha value is -3.71. The van der Waals surface area contributed by atoms with E-state index in [4.69, 9.17) is 4.74 Å². The molecular weight excluding hydrogens is 464 g/mol. The fourth-order valence-corrected chi connectivity index (χ4v) is 6.38. The van der Waals surface area contributed by atoms with Crippen molar-refractivity contribution in [2.75, 3.05) is 30.8 Å². The van der Waals surface area contributed by atoms with Crippen LogP contribution in [0.5, 0.6) is 5.75 Å². The predicted octanol–water partition coefficient (Wildman–Crippen LogP) is 4.86. The largest absolute Gasteiger partial charge is 0.497 e. The second-order valence-corrected chi connectivity index (χ2v) is 10.3. The third-order valence-corrected chi connectivity index (χ3v) is 8.42. The number of ether oxygens (including phenoxy) is 1. The van der Waals surface area contributed by atoms with Crippen molar-refractivity contribution < 1.29 is 4.74 Å². The van der Waals surface area contributed by atoms with E-state index in [0.29, 0.717) is 23.2 Å². The van der Waals surface area contributed by atoms with E-state index in [-0.39, 0.29) is 12.1 Å². The Balaban J connectivity index is 1.43. The van der Waals surface area contributed by atoms with Crippen LogP contribution in [-0.4, -0.2) is 36.1 Å². The Morgan fingerprint density at radius 1 is 1.08 bits per heavy atom. The van der Waals surface area contributed by atoms with Crippen LogP contribution in [0.15, 0.2) is 70.4 Å². The zero-order valence-electron chi connectivity index (χ0n) is 21.2. The quantitative estimate of drug-likeness (QED) is 0.337. The molecule has 3 fully saturated rings. The van der Waals surface area contributed by atoms with Gasteiger partial charge in [0.05, 0.1) is 18.7 Å². The Bertz CT molecular complexity index is 1490. The van der Waals surface area contributed by atoms with E-state index in [1.54, 1.807) is 7.11 Å². The minimum Gasteiger partial charge on any atom is -0.497 e. The summed E-state index contributed by atoms with van der Waals surface area (Å²) < 4.78 is 5.53. The van der Waals surface area contributed by atoms with Crippen LogP contribution in [0, 0.1) is 11.8 Å². The second kappa shape index (κ2) is 9.63. The lowest BCUT2D eigenvalue weighted by atomic mass is 9.72. The first-order chi connectivity index (χ1) is 18.1. The van der Waals surface area contributed by atoms with Crippen molar-refractivity contribution in [3.05, 3.63) is 86.8 Å². The molecule has 5 atom stereocenters. The molecule has 2 bridgehead atoms. The number of anilines is 3. The van der Waals surface area contributed by atoms with Crippen molar-refractivity contribution in [2.24, 2.45) is 11.8 Å². The van der Waals surface area contributed by atoms with Crippen LogP contribution in [0.4, 0.5) is 17.1 Å². The zero-order valence-corrected chi connectivity index (χ0v) is 21.2. The van der Waals surface area contributed by atoms with Gasteiger partial charge in [-0.3, -0.25) is 19.5 Å². The van der Waals surface area contributed by atoms with Crippen molar-refractivity contribution in [2.45, 2.75) is 38.3 Å². The van der Waals surface area contributed by atoms with Crippen LogP contribution in [-0.2, 0) is 0 Å². The number of fused-ring (bicyclic) bond motifs is 4. The molecule has 3 aliphatic heterocycles. The minimum absolute atomic E-state index is 0.183. The van der Waals surface area contributed by atoms with Gasteiger partial charge in [-0.25, -0.2) is 0 Å². The molecule has 7 nitrogen and oxygen atoms in total. The first-order valence-electron chi connectivity index (χ1n) is 13.2. The molecule has 2 N–H and O–H groups in total.